The van der Waals surface area contributed by atoms with Crippen molar-refractivity contribution in [2.45, 2.75) is 12.5 Å². The number of carbonyl (C=O) groups is 1. The topological polar surface area (TPSA) is 47.6 Å². The number of thioether (sulfide) groups is 1. The number of esters is 1. The quantitative estimate of drug-likeness (QED) is 0.840. The number of methoxy groups -OCH3 is 2. The van der Waals surface area contributed by atoms with Gasteiger partial charge in [0.2, 0.25) is 0 Å². The molecule has 0 spiro atoms. The van der Waals surface area contributed by atoms with E-state index in [9.17, 15) is 4.79 Å². The summed E-state index contributed by atoms with van der Waals surface area (Å²) >= 11 is 1.88. The maximum Gasteiger partial charge on any atom is 0.328 e. The van der Waals surface area contributed by atoms with Crippen molar-refractivity contribution in [2.75, 3.05) is 31.0 Å². The van der Waals surface area contributed by atoms with E-state index in [0.29, 0.717) is 5.92 Å². The van der Waals surface area contributed by atoms with Gasteiger partial charge in [0.15, 0.2) is 0 Å². The predicted molar refractivity (Wildman–Crippen MR) is 77.9 cm³/mol. The van der Waals surface area contributed by atoms with Crippen molar-refractivity contribution in [3.05, 3.63) is 24.3 Å². The molecule has 5 heteroatoms. The van der Waals surface area contributed by atoms with Crippen molar-refractivity contribution < 1.29 is 14.3 Å². The van der Waals surface area contributed by atoms with E-state index in [1.807, 2.05) is 36.0 Å². The van der Waals surface area contributed by atoms with Crippen molar-refractivity contribution >= 4 is 23.4 Å². The summed E-state index contributed by atoms with van der Waals surface area (Å²) in [4.78, 5) is 11.9. The molecule has 1 aromatic carbocycles. The van der Waals surface area contributed by atoms with Crippen LogP contribution in [0.3, 0.4) is 0 Å². The Labute approximate surface area is 117 Å². The minimum Gasteiger partial charge on any atom is -0.497 e. The number of benzene rings is 1. The lowest BCUT2D eigenvalue weighted by Gasteiger charge is -2.23. The Morgan fingerprint density at radius 2 is 2.32 bits per heavy atom. The van der Waals surface area contributed by atoms with E-state index in [4.69, 9.17) is 9.47 Å². The maximum absolute atomic E-state index is 11.9. The summed E-state index contributed by atoms with van der Waals surface area (Å²) in [6.07, 6.45) is 1.04. The third-order valence-corrected chi connectivity index (χ3v) is 4.47. The van der Waals surface area contributed by atoms with Gasteiger partial charge in [-0.2, -0.15) is 11.8 Å². The van der Waals surface area contributed by atoms with Crippen LogP contribution in [-0.4, -0.2) is 37.7 Å². The standard InChI is InChI=1S/C14H19NO3S/c1-17-12-5-3-4-11(8-12)15-13(14(16)18-2)10-6-7-19-9-10/h3-5,8,10,13,15H,6-7,9H2,1-2H3. The first-order valence-corrected chi connectivity index (χ1v) is 7.46. The van der Waals surface area contributed by atoms with Crippen molar-refractivity contribution in [3.63, 3.8) is 0 Å². The second kappa shape index (κ2) is 6.70. The van der Waals surface area contributed by atoms with Crippen molar-refractivity contribution in [3.8, 4) is 5.75 Å². The first-order chi connectivity index (χ1) is 9.24. The van der Waals surface area contributed by atoms with Crippen LogP contribution >= 0.6 is 11.8 Å². The summed E-state index contributed by atoms with van der Waals surface area (Å²) < 4.78 is 10.1. The molecule has 0 amide bonds. The largest absolute Gasteiger partial charge is 0.497 e. The van der Waals surface area contributed by atoms with Gasteiger partial charge < -0.3 is 14.8 Å². The van der Waals surface area contributed by atoms with E-state index >= 15 is 0 Å². The first-order valence-electron chi connectivity index (χ1n) is 6.30. The fourth-order valence-corrected chi connectivity index (χ4v) is 3.50. The molecule has 0 saturated carbocycles. The highest BCUT2D eigenvalue weighted by molar-refractivity contribution is 7.99. The van der Waals surface area contributed by atoms with Crippen molar-refractivity contribution in [2.24, 2.45) is 5.92 Å². The Morgan fingerprint density at radius 1 is 1.47 bits per heavy atom. The van der Waals surface area contributed by atoms with Crippen LogP contribution in [0.4, 0.5) is 5.69 Å². The molecular weight excluding hydrogens is 262 g/mol. The van der Waals surface area contributed by atoms with E-state index in [1.54, 1.807) is 7.11 Å². The van der Waals surface area contributed by atoms with Crippen LogP contribution in [0.2, 0.25) is 0 Å². The van der Waals surface area contributed by atoms with Gasteiger partial charge in [-0.15, -0.1) is 0 Å². The van der Waals surface area contributed by atoms with Crippen LogP contribution in [0, 0.1) is 5.92 Å². The van der Waals surface area contributed by atoms with Crippen LogP contribution in [0.25, 0.3) is 0 Å². The van der Waals surface area contributed by atoms with Crippen molar-refractivity contribution in [1.82, 2.24) is 0 Å². The number of rotatable bonds is 5. The average molecular weight is 281 g/mol. The lowest BCUT2D eigenvalue weighted by molar-refractivity contribution is -0.142. The molecule has 1 aliphatic rings. The van der Waals surface area contributed by atoms with E-state index in [1.165, 1.54) is 7.11 Å². The fourth-order valence-electron chi connectivity index (χ4n) is 2.20. The third-order valence-electron chi connectivity index (χ3n) is 3.28. The van der Waals surface area contributed by atoms with Gasteiger partial charge >= 0.3 is 5.97 Å². The van der Waals surface area contributed by atoms with E-state index in [0.717, 1.165) is 29.4 Å². The Morgan fingerprint density at radius 3 is 2.95 bits per heavy atom. The van der Waals surface area contributed by atoms with Gasteiger partial charge in [0.05, 0.1) is 14.2 Å². The molecule has 1 aliphatic heterocycles. The molecule has 19 heavy (non-hydrogen) atoms. The summed E-state index contributed by atoms with van der Waals surface area (Å²) in [5.74, 6) is 3.00. The highest BCUT2D eigenvalue weighted by Gasteiger charge is 2.31. The number of anilines is 1. The Balaban J connectivity index is 2.12. The maximum atomic E-state index is 11.9. The minimum atomic E-state index is -0.285. The summed E-state index contributed by atoms with van der Waals surface area (Å²) in [6.45, 7) is 0. The Bertz CT molecular complexity index is 432. The third kappa shape index (κ3) is 3.56. The molecule has 0 aliphatic carbocycles. The van der Waals surface area contributed by atoms with Gasteiger partial charge in [-0.3, -0.25) is 0 Å². The first kappa shape index (κ1) is 14.1. The zero-order chi connectivity index (χ0) is 13.7. The number of hydrogen-bond donors (Lipinski definition) is 1. The van der Waals surface area contributed by atoms with Crippen LogP contribution in [0.5, 0.6) is 5.75 Å². The van der Waals surface area contributed by atoms with E-state index in [2.05, 4.69) is 5.32 Å². The van der Waals surface area contributed by atoms with Crippen LogP contribution in [0.1, 0.15) is 6.42 Å². The molecule has 2 rings (SSSR count). The normalized spacial score (nSPS) is 19.8. The molecule has 104 valence electrons. The van der Waals surface area contributed by atoms with Gasteiger partial charge in [-0.05, 0) is 36.0 Å². The molecule has 1 N–H and O–H groups in total. The molecule has 0 bridgehead atoms. The lowest BCUT2D eigenvalue weighted by Crippen LogP contribution is -2.38. The number of nitrogens with one attached hydrogen (secondary N) is 1. The average Bonchev–Trinajstić information content (AvgIpc) is 2.98. The summed E-state index contributed by atoms with van der Waals surface area (Å²) in [6, 6.07) is 7.31. The minimum absolute atomic E-state index is 0.199. The monoisotopic (exact) mass is 281 g/mol. The van der Waals surface area contributed by atoms with Crippen LogP contribution in [-0.2, 0) is 9.53 Å². The SMILES string of the molecule is COC(=O)C(Nc1cccc(OC)c1)C1CCSC1. The molecule has 1 aromatic rings. The van der Waals surface area contributed by atoms with E-state index in [-0.39, 0.29) is 12.0 Å². The molecular formula is C14H19NO3S. The number of carbonyl (C=O) groups excluding carboxylic acids is 1. The summed E-state index contributed by atoms with van der Waals surface area (Å²) in [7, 11) is 3.06. The molecule has 2 unspecified atom stereocenters. The second-order valence-corrected chi connectivity index (χ2v) is 5.65. The zero-order valence-electron chi connectivity index (χ0n) is 11.2. The van der Waals surface area contributed by atoms with E-state index < -0.39 is 0 Å². The predicted octanol–water partition coefficient (Wildman–Crippen LogP) is 2.40. The zero-order valence-corrected chi connectivity index (χ0v) is 12.0. The molecule has 4 nitrogen and oxygen atoms in total. The van der Waals surface area contributed by atoms with Gasteiger partial charge in [-0.25, -0.2) is 4.79 Å². The molecule has 1 saturated heterocycles. The lowest BCUT2D eigenvalue weighted by atomic mass is 9.99. The Kier molecular flexibility index (Phi) is 4.96. The van der Waals surface area contributed by atoms with Crippen LogP contribution < -0.4 is 10.1 Å². The van der Waals surface area contributed by atoms with Gasteiger partial charge in [0.25, 0.3) is 0 Å². The van der Waals surface area contributed by atoms with Gasteiger partial charge in [0.1, 0.15) is 11.8 Å². The molecule has 1 fully saturated rings. The highest BCUT2D eigenvalue weighted by Crippen LogP contribution is 2.29. The second-order valence-electron chi connectivity index (χ2n) is 4.50. The van der Waals surface area contributed by atoms with Crippen molar-refractivity contribution in [1.29, 1.82) is 0 Å². The highest BCUT2D eigenvalue weighted by atomic mass is 32.2. The molecule has 2 atom stereocenters. The Hall–Kier alpha value is -1.36. The number of hydrogen-bond acceptors (Lipinski definition) is 5. The fraction of sp³-hybridized carbons (Fsp3) is 0.500. The van der Waals surface area contributed by atoms with Gasteiger partial charge in [-0.1, -0.05) is 6.07 Å². The van der Waals surface area contributed by atoms with Crippen LogP contribution in [0.15, 0.2) is 24.3 Å². The number of ether oxygens (including phenoxy) is 2. The molecule has 0 radical (unpaired) electrons. The summed E-state index contributed by atoms with van der Waals surface area (Å²) in [5, 5.41) is 3.28. The van der Waals surface area contributed by atoms with Gasteiger partial charge in [0, 0.05) is 11.8 Å². The molecule has 1 heterocycles. The smallest absolute Gasteiger partial charge is 0.328 e. The summed E-state index contributed by atoms with van der Waals surface area (Å²) in [5.41, 5.74) is 0.881. The molecule has 0 aromatic heterocycles.